The Hall–Kier alpha value is -1.01. The van der Waals surface area contributed by atoms with Crippen molar-refractivity contribution in [1.82, 2.24) is 0 Å². The highest BCUT2D eigenvalue weighted by molar-refractivity contribution is 7.78. The molecule has 0 N–H and O–H groups in total. The molecule has 0 saturated heterocycles. The van der Waals surface area contributed by atoms with Gasteiger partial charge < -0.3 is 4.55 Å². The second-order valence-electron chi connectivity index (χ2n) is 1.78. The normalized spacial score (nSPS) is 11.5. The predicted octanol–water partition coefficient (Wildman–Crippen LogP) is -0.579. The first-order valence-corrected chi connectivity index (χ1v) is 4.01. The second-order valence-corrected chi connectivity index (χ2v) is 3.03. The van der Waals surface area contributed by atoms with E-state index in [1.807, 2.05) is 0 Å². The van der Waals surface area contributed by atoms with Crippen LogP contribution < -0.4 is 3.97 Å². The molecule has 0 aromatic carbocycles. The standard InChI is InChI=1S/C5H4FNO3S/c6-5-3-1-2-4-7(5)11(8,9)10/h1-4H. The number of pyridine rings is 1. The predicted molar refractivity (Wildman–Crippen MR) is 31.7 cm³/mol. The zero-order chi connectivity index (χ0) is 8.48. The summed E-state index contributed by atoms with van der Waals surface area (Å²) in [6.07, 6.45) is 0.845. The average molecular weight is 177 g/mol. The van der Waals surface area contributed by atoms with Gasteiger partial charge >= 0.3 is 16.3 Å². The third kappa shape index (κ3) is 1.72. The molecule has 1 rings (SSSR count). The minimum atomic E-state index is -4.74. The fourth-order valence-corrected chi connectivity index (χ4v) is 1.08. The quantitative estimate of drug-likeness (QED) is 0.327. The van der Waals surface area contributed by atoms with Crippen LogP contribution in [0.5, 0.6) is 0 Å². The summed E-state index contributed by atoms with van der Waals surface area (Å²) in [5.74, 6) is -1.09. The molecule has 1 heterocycles. The molecule has 0 fully saturated rings. The van der Waals surface area contributed by atoms with Crippen LogP contribution in [0, 0.1) is 5.95 Å². The van der Waals surface area contributed by atoms with E-state index in [1.54, 1.807) is 0 Å². The third-order valence-corrected chi connectivity index (χ3v) is 1.80. The highest BCUT2D eigenvalue weighted by Gasteiger charge is 2.14. The maximum atomic E-state index is 12.5. The van der Waals surface area contributed by atoms with E-state index in [4.69, 9.17) is 0 Å². The molecule has 0 aliphatic carbocycles. The van der Waals surface area contributed by atoms with E-state index >= 15 is 0 Å². The third-order valence-electron chi connectivity index (χ3n) is 1.02. The summed E-state index contributed by atoms with van der Waals surface area (Å²) in [5, 5.41) is 0. The van der Waals surface area contributed by atoms with Crippen molar-refractivity contribution in [2.24, 2.45) is 0 Å². The number of rotatable bonds is 1. The smallest absolute Gasteiger partial charge is 0.375 e. The van der Waals surface area contributed by atoms with Crippen LogP contribution in [0.1, 0.15) is 0 Å². The number of hydrogen-bond donors (Lipinski definition) is 0. The second kappa shape index (κ2) is 2.55. The molecule has 1 aromatic rings. The van der Waals surface area contributed by atoms with E-state index in [0.29, 0.717) is 0 Å². The van der Waals surface area contributed by atoms with Gasteiger partial charge in [-0.2, -0.15) is 8.42 Å². The summed E-state index contributed by atoms with van der Waals surface area (Å²) in [7, 11) is -4.74. The number of aromatic nitrogens is 1. The molecule has 11 heavy (non-hydrogen) atoms. The van der Waals surface area contributed by atoms with Gasteiger partial charge in [-0.3, -0.25) is 0 Å². The number of halogens is 1. The van der Waals surface area contributed by atoms with Crippen LogP contribution in [-0.4, -0.2) is 13.0 Å². The van der Waals surface area contributed by atoms with Crippen LogP contribution in [0.15, 0.2) is 24.4 Å². The van der Waals surface area contributed by atoms with Crippen molar-refractivity contribution in [3.63, 3.8) is 0 Å². The number of hydrogen-bond acceptors (Lipinski definition) is 3. The Morgan fingerprint density at radius 1 is 1.45 bits per heavy atom. The summed E-state index contributed by atoms with van der Waals surface area (Å²) in [6.45, 7) is 0. The van der Waals surface area contributed by atoms with Gasteiger partial charge in [0.2, 0.25) is 0 Å². The molecule has 0 unspecified atom stereocenters. The van der Waals surface area contributed by atoms with Crippen LogP contribution in [0.4, 0.5) is 4.39 Å². The highest BCUT2D eigenvalue weighted by Crippen LogP contribution is 1.88. The zero-order valence-electron chi connectivity index (χ0n) is 5.27. The Balaban J connectivity index is 3.37. The van der Waals surface area contributed by atoms with Gasteiger partial charge in [0.05, 0.1) is 0 Å². The summed E-state index contributed by atoms with van der Waals surface area (Å²) in [4.78, 5) is 0. The van der Waals surface area contributed by atoms with Crippen molar-refractivity contribution in [2.75, 3.05) is 0 Å². The van der Waals surface area contributed by atoms with Gasteiger partial charge in [-0.1, -0.05) is 3.97 Å². The Labute approximate surface area is 62.8 Å². The number of nitrogens with zero attached hydrogens (tertiary/aromatic N) is 1. The molecule has 0 spiro atoms. The van der Waals surface area contributed by atoms with Crippen molar-refractivity contribution in [3.05, 3.63) is 30.3 Å². The fourth-order valence-electron chi connectivity index (χ4n) is 0.589. The first-order chi connectivity index (χ1) is 5.02. The molecule has 0 bridgehead atoms. The van der Waals surface area contributed by atoms with Crippen LogP contribution in [0.2, 0.25) is 0 Å². The molecule has 0 saturated carbocycles. The fraction of sp³-hybridized carbons (Fsp3) is 0. The van der Waals surface area contributed by atoms with Crippen molar-refractivity contribution < 1.29 is 21.3 Å². The van der Waals surface area contributed by atoms with E-state index in [2.05, 4.69) is 0 Å². The summed E-state index contributed by atoms with van der Waals surface area (Å²) < 4.78 is 43.2. The summed E-state index contributed by atoms with van der Waals surface area (Å²) in [5.41, 5.74) is 0. The SMILES string of the molecule is O=S(=O)([O-])[n+]1ccccc1F. The van der Waals surface area contributed by atoms with Crippen LogP contribution in [0.3, 0.4) is 0 Å². The minimum absolute atomic E-state index is 0.0208. The van der Waals surface area contributed by atoms with E-state index < -0.39 is 16.3 Å². The van der Waals surface area contributed by atoms with E-state index in [9.17, 15) is 17.4 Å². The molecular formula is C5H4FNO3S. The van der Waals surface area contributed by atoms with Gasteiger partial charge in [-0.25, -0.2) is 0 Å². The lowest BCUT2D eigenvalue weighted by Crippen LogP contribution is -2.45. The maximum absolute atomic E-state index is 12.5. The lowest BCUT2D eigenvalue weighted by atomic mass is 10.5. The molecule has 0 radical (unpaired) electrons. The lowest BCUT2D eigenvalue weighted by molar-refractivity contribution is -0.555. The van der Waals surface area contributed by atoms with Crippen molar-refractivity contribution in [3.8, 4) is 0 Å². The van der Waals surface area contributed by atoms with Crippen molar-refractivity contribution in [2.45, 2.75) is 0 Å². The van der Waals surface area contributed by atoms with Crippen LogP contribution in [0.25, 0.3) is 0 Å². The largest absolute Gasteiger partial charge is 0.693 e. The Kier molecular flexibility index (Phi) is 1.88. The molecule has 1 aromatic heterocycles. The maximum Gasteiger partial charge on any atom is 0.375 e. The highest BCUT2D eigenvalue weighted by atomic mass is 32.2. The zero-order valence-corrected chi connectivity index (χ0v) is 6.08. The molecule has 0 aliphatic rings. The van der Waals surface area contributed by atoms with Gasteiger partial charge in [-0.05, 0) is 6.07 Å². The molecule has 0 aliphatic heterocycles. The Bertz CT molecular complexity index is 362. The first kappa shape index (κ1) is 8.09. The molecule has 6 heteroatoms. The molecule has 60 valence electrons. The summed E-state index contributed by atoms with van der Waals surface area (Å²) in [6, 6.07) is 3.42. The van der Waals surface area contributed by atoms with E-state index in [1.165, 1.54) is 12.1 Å². The van der Waals surface area contributed by atoms with Crippen LogP contribution >= 0.6 is 0 Å². The Morgan fingerprint density at radius 2 is 2.09 bits per heavy atom. The van der Waals surface area contributed by atoms with Crippen LogP contribution in [-0.2, 0) is 10.3 Å². The van der Waals surface area contributed by atoms with Gasteiger partial charge in [0.25, 0.3) is 0 Å². The van der Waals surface area contributed by atoms with Crippen molar-refractivity contribution >= 4 is 10.3 Å². The lowest BCUT2D eigenvalue weighted by Gasteiger charge is -1.98. The van der Waals surface area contributed by atoms with E-state index in [0.717, 1.165) is 12.3 Å². The average Bonchev–Trinajstić information content (AvgIpc) is 1.86. The minimum Gasteiger partial charge on any atom is -0.693 e. The van der Waals surface area contributed by atoms with Gasteiger partial charge in [-0.15, -0.1) is 4.39 Å². The monoisotopic (exact) mass is 177 g/mol. The summed E-state index contributed by atoms with van der Waals surface area (Å²) >= 11 is 0. The molecule has 4 nitrogen and oxygen atoms in total. The van der Waals surface area contributed by atoms with E-state index in [-0.39, 0.29) is 3.97 Å². The topological polar surface area (TPSA) is 61.1 Å². The molecule has 0 atom stereocenters. The molecular weight excluding hydrogens is 173 g/mol. The van der Waals surface area contributed by atoms with Gasteiger partial charge in [0.1, 0.15) is 0 Å². The Morgan fingerprint density at radius 3 is 2.45 bits per heavy atom. The molecule has 0 amide bonds. The van der Waals surface area contributed by atoms with Crippen molar-refractivity contribution in [1.29, 1.82) is 0 Å². The van der Waals surface area contributed by atoms with Gasteiger partial charge in [0, 0.05) is 12.1 Å². The first-order valence-electron chi connectivity index (χ1n) is 2.64. The van der Waals surface area contributed by atoms with Gasteiger partial charge in [0.15, 0.2) is 6.20 Å².